The molecular weight excluding hydrogens is 567 g/mol. The molecule has 7 nitrogen and oxygen atoms in total. The van der Waals surface area contributed by atoms with E-state index in [2.05, 4.69) is 0 Å². The normalized spacial score (nSPS) is 12.6. The van der Waals surface area contributed by atoms with Crippen LogP contribution < -0.4 is 4.18 Å². The molecule has 0 atom stereocenters. The summed E-state index contributed by atoms with van der Waals surface area (Å²) in [6.45, 7) is -0.335. The summed E-state index contributed by atoms with van der Waals surface area (Å²) < 4.78 is 103. The molecule has 0 saturated heterocycles. The van der Waals surface area contributed by atoms with Crippen LogP contribution in [0.25, 0.3) is 0 Å². The van der Waals surface area contributed by atoms with Crippen molar-refractivity contribution in [2.75, 3.05) is 0 Å². The molecule has 0 aliphatic heterocycles. The lowest BCUT2D eigenvalue weighted by Crippen LogP contribution is -2.30. The van der Waals surface area contributed by atoms with Gasteiger partial charge in [0.25, 0.3) is 0 Å². The molecular formula is C25H19ClF3NO6S2. The standard InChI is InChI=1S/C25H19ClF3NO6S2/c26-20-9-11-23(12-10-20)37(31,32)30(17-22-7-3-13-35-22)16-18-4-1-6-21(14-18)36-38(33,34)24-8-2-5-19(15-24)25(27,28)29/h1-15H,16-17H2. The average Bonchev–Trinajstić information content (AvgIpc) is 3.37. The second-order valence-electron chi connectivity index (χ2n) is 8.02. The second kappa shape index (κ2) is 10.8. The van der Waals surface area contributed by atoms with E-state index < -0.39 is 36.8 Å². The first-order chi connectivity index (χ1) is 17.8. The van der Waals surface area contributed by atoms with Crippen molar-refractivity contribution in [2.45, 2.75) is 29.1 Å². The third kappa shape index (κ3) is 6.57. The minimum Gasteiger partial charge on any atom is -0.468 e. The Morgan fingerprint density at radius 3 is 2.18 bits per heavy atom. The Hall–Kier alpha value is -3.32. The molecule has 0 fully saturated rings. The first kappa shape index (κ1) is 27.7. The van der Waals surface area contributed by atoms with Crippen LogP contribution in [0.3, 0.4) is 0 Å². The van der Waals surface area contributed by atoms with Crippen LogP contribution in [-0.4, -0.2) is 21.1 Å². The Bertz CT molecular complexity index is 1620. The van der Waals surface area contributed by atoms with Crippen molar-refractivity contribution in [2.24, 2.45) is 0 Å². The molecule has 0 N–H and O–H groups in total. The summed E-state index contributed by atoms with van der Waals surface area (Å²) >= 11 is 5.89. The Morgan fingerprint density at radius 1 is 0.816 bits per heavy atom. The maximum absolute atomic E-state index is 13.4. The first-order valence-electron chi connectivity index (χ1n) is 10.8. The number of furan rings is 1. The lowest BCUT2D eigenvalue weighted by Gasteiger charge is -2.22. The number of hydrogen-bond donors (Lipinski definition) is 0. The molecule has 0 radical (unpaired) electrons. The predicted molar refractivity (Wildman–Crippen MR) is 132 cm³/mol. The van der Waals surface area contributed by atoms with Gasteiger partial charge in [0, 0.05) is 11.6 Å². The zero-order valence-corrected chi connectivity index (χ0v) is 21.7. The molecule has 4 rings (SSSR count). The molecule has 200 valence electrons. The molecule has 38 heavy (non-hydrogen) atoms. The van der Waals surface area contributed by atoms with Crippen molar-refractivity contribution < 1.29 is 38.6 Å². The molecule has 0 aliphatic rings. The predicted octanol–water partition coefficient (Wildman–Crippen LogP) is 6.11. The molecule has 0 saturated carbocycles. The van der Waals surface area contributed by atoms with E-state index in [-0.39, 0.29) is 23.7 Å². The molecule has 1 heterocycles. The number of halogens is 4. The Labute approximate surface area is 222 Å². The van der Waals surface area contributed by atoms with Gasteiger partial charge in [0.1, 0.15) is 16.4 Å². The fourth-order valence-corrected chi connectivity index (χ4v) is 5.95. The van der Waals surface area contributed by atoms with Crippen molar-refractivity contribution >= 4 is 31.7 Å². The summed E-state index contributed by atoms with van der Waals surface area (Å²) in [7, 11) is -8.67. The van der Waals surface area contributed by atoms with Crippen LogP contribution >= 0.6 is 11.6 Å². The van der Waals surface area contributed by atoms with Gasteiger partial charge in [0.15, 0.2) is 0 Å². The van der Waals surface area contributed by atoms with Crippen LogP contribution in [-0.2, 0) is 39.4 Å². The second-order valence-corrected chi connectivity index (χ2v) is 11.9. The van der Waals surface area contributed by atoms with Crippen molar-refractivity contribution in [3.8, 4) is 5.75 Å². The fraction of sp³-hybridized carbons (Fsp3) is 0.120. The van der Waals surface area contributed by atoms with Crippen LogP contribution in [0, 0.1) is 0 Å². The summed E-state index contributed by atoms with van der Waals surface area (Å²) in [4.78, 5) is -0.699. The van der Waals surface area contributed by atoms with E-state index >= 15 is 0 Å². The van der Waals surface area contributed by atoms with Gasteiger partial charge in [-0.25, -0.2) is 8.42 Å². The monoisotopic (exact) mass is 585 g/mol. The van der Waals surface area contributed by atoms with Crippen molar-refractivity contribution in [3.05, 3.63) is 113 Å². The van der Waals surface area contributed by atoms with Crippen molar-refractivity contribution in [1.82, 2.24) is 4.31 Å². The van der Waals surface area contributed by atoms with Gasteiger partial charge in [-0.05, 0) is 72.3 Å². The van der Waals surface area contributed by atoms with Gasteiger partial charge in [-0.3, -0.25) is 0 Å². The molecule has 0 spiro atoms. The van der Waals surface area contributed by atoms with E-state index in [0.29, 0.717) is 22.4 Å². The largest absolute Gasteiger partial charge is 0.468 e. The molecule has 0 unspecified atom stereocenters. The van der Waals surface area contributed by atoms with E-state index in [1.54, 1.807) is 18.2 Å². The molecule has 0 aliphatic carbocycles. The number of benzene rings is 3. The first-order valence-corrected chi connectivity index (χ1v) is 14.1. The quantitative estimate of drug-likeness (QED) is 0.220. The molecule has 13 heteroatoms. The third-order valence-electron chi connectivity index (χ3n) is 5.28. The minimum absolute atomic E-state index is 0.0204. The average molecular weight is 586 g/mol. The Morgan fingerprint density at radius 2 is 1.53 bits per heavy atom. The molecule has 0 amide bonds. The maximum Gasteiger partial charge on any atom is 0.416 e. The number of nitrogens with zero attached hydrogens (tertiary/aromatic N) is 1. The van der Waals surface area contributed by atoms with E-state index in [1.807, 2.05) is 0 Å². The van der Waals surface area contributed by atoms with Crippen LogP contribution in [0.5, 0.6) is 5.75 Å². The Balaban J connectivity index is 1.62. The highest BCUT2D eigenvalue weighted by Gasteiger charge is 2.32. The van der Waals surface area contributed by atoms with Gasteiger partial charge in [0.05, 0.1) is 23.3 Å². The van der Waals surface area contributed by atoms with Crippen molar-refractivity contribution in [1.29, 1.82) is 0 Å². The smallest absolute Gasteiger partial charge is 0.416 e. The number of rotatable bonds is 9. The highest BCUT2D eigenvalue weighted by Crippen LogP contribution is 2.31. The van der Waals surface area contributed by atoms with Gasteiger partial charge in [-0.1, -0.05) is 29.8 Å². The van der Waals surface area contributed by atoms with E-state index in [1.165, 1.54) is 48.7 Å². The lowest BCUT2D eigenvalue weighted by atomic mass is 10.2. The summed E-state index contributed by atoms with van der Waals surface area (Å²) in [5, 5.41) is 0.355. The van der Waals surface area contributed by atoms with E-state index in [9.17, 15) is 30.0 Å². The summed E-state index contributed by atoms with van der Waals surface area (Å²) in [5.74, 6) is 0.156. The van der Waals surface area contributed by atoms with E-state index in [4.69, 9.17) is 20.2 Å². The zero-order chi connectivity index (χ0) is 27.6. The van der Waals surface area contributed by atoms with Gasteiger partial charge in [-0.15, -0.1) is 0 Å². The van der Waals surface area contributed by atoms with Gasteiger partial charge < -0.3 is 8.60 Å². The zero-order valence-electron chi connectivity index (χ0n) is 19.3. The topological polar surface area (TPSA) is 93.9 Å². The molecule has 4 aromatic rings. The van der Waals surface area contributed by atoms with Crippen LogP contribution in [0.1, 0.15) is 16.9 Å². The molecule has 0 bridgehead atoms. The summed E-state index contributed by atoms with van der Waals surface area (Å²) in [6.07, 6.45) is -3.34. The maximum atomic E-state index is 13.4. The summed E-state index contributed by atoms with van der Waals surface area (Å²) in [5.41, 5.74) is -0.789. The van der Waals surface area contributed by atoms with Gasteiger partial charge in [0.2, 0.25) is 10.0 Å². The number of sulfonamides is 1. The highest BCUT2D eigenvalue weighted by molar-refractivity contribution is 7.89. The van der Waals surface area contributed by atoms with Crippen LogP contribution in [0.15, 0.2) is 105 Å². The highest BCUT2D eigenvalue weighted by atomic mass is 35.5. The van der Waals surface area contributed by atoms with Crippen molar-refractivity contribution in [3.63, 3.8) is 0 Å². The van der Waals surface area contributed by atoms with Gasteiger partial charge in [-0.2, -0.15) is 25.9 Å². The lowest BCUT2D eigenvalue weighted by molar-refractivity contribution is -0.137. The third-order valence-corrected chi connectivity index (χ3v) is 8.58. The summed E-state index contributed by atoms with van der Waals surface area (Å²) in [6, 6.07) is 17.5. The minimum atomic E-state index is -4.74. The Kier molecular flexibility index (Phi) is 7.88. The molecule has 3 aromatic carbocycles. The van der Waals surface area contributed by atoms with Gasteiger partial charge >= 0.3 is 16.3 Å². The number of hydrogen-bond acceptors (Lipinski definition) is 6. The number of alkyl halides is 3. The van der Waals surface area contributed by atoms with E-state index in [0.717, 1.165) is 22.5 Å². The fourth-order valence-electron chi connectivity index (χ4n) is 3.46. The van der Waals surface area contributed by atoms with Crippen LogP contribution in [0.4, 0.5) is 13.2 Å². The molecule has 1 aromatic heterocycles. The van der Waals surface area contributed by atoms with Crippen LogP contribution in [0.2, 0.25) is 5.02 Å². The SMILES string of the molecule is O=S(=O)(Oc1cccc(CN(Cc2ccco2)S(=O)(=O)c2ccc(Cl)cc2)c1)c1cccc(C(F)(F)F)c1.